The lowest BCUT2D eigenvalue weighted by atomic mass is 10.2. The molecule has 0 aromatic carbocycles. The van der Waals surface area contributed by atoms with E-state index in [9.17, 15) is 4.79 Å². The summed E-state index contributed by atoms with van der Waals surface area (Å²) >= 11 is 0. The normalized spacial score (nSPS) is 12.8. The van der Waals surface area contributed by atoms with Gasteiger partial charge in [0.15, 0.2) is 5.69 Å². The molecule has 1 atom stereocenters. The Bertz CT molecular complexity index is 349. The van der Waals surface area contributed by atoms with Gasteiger partial charge in [-0.3, -0.25) is 0 Å². The highest BCUT2D eigenvalue weighted by Gasteiger charge is 2.11. The number of hydrogen-bond donors (Lipinski definition) is 2. The second-order valence-electron chi connectivity index (χ2n) is 3.98. The van der Waals surface area contributed by atoms with Gasteiger partial charge in [-0.2, -0.15) is 4.98 Å². The van der Waals surface area contributed by atoms with E-state index in [0.717, 1.165) is 19.2 Å². The van der Waals surface area contributed by atoms with Crippen molar-refractivity contribution in [3.63, 3.8) is 0 Å². The predicted molar refractivity (Wildman–Crippen MR) is 59.7 cm³/mol. The Kier molecular flexibility index (Phi) is 4.30. The van der Waals surface area contributed by atoms with Gasteiger partial charge in [0.25, 0.3) is 6.01 Å². The number of anilines is 1. The first-order valence-corrected chi connectivity index (χ1v) is 5.09. The number of aromatic carboxylic acids is 1. The molecule has 0 amide bonds. The summed E-state index contributed by atoms with van der Waals surface area (Å²) in [6, 6.07) is 0.436. The molecule has 0 radical (unpaired) electrons. The molecule has 0 saturated carbocycles. The van der Waals surface area contributed by atoms with Gasteiger partial charge in [-0.25, -0.2) is 4.79 Å². The number of aromatic nitrogens is 1. The first-order valence-electron chi connectivity index (χ1n) is 5.09. The summed E-state index contributed by atoms with van der Waals surface area (Å²) < 4.78 is 4.99. The molecule has 0 bridgehead atoms. The maximum Gasteiger partial charge on any atom is 0.357 e. The largest absolute Gasteiger partial charge is 0.476 e. The summed E-state index contributed by atoms with van der Waals surface area (Å²) in [6.45, 7) is 2.94. The van der Waals surface area contributed by atoms with Crippen molar-refractivity contribution in [3.8, 4) is 0 Å². The van der Waals surface area contributed by atoms with Crippen LogP contribution in [0.2, 0.25) is 0 Å². The molecular weight excluding hydrogens is 210 g/mol. The number of rotatable bonds is 6. The van der Waals surface area contributed by atoms with Crippen LogP contribution in [0.25, 0.3) is 0 Å². The highest BCUT2D eigenvalue weighted by molar-refractivity contribution is 5.85. The van der Waals surface area contributed by atoms with Crippen molar-refractivity contribution in [2.24, 2.45) is 0 Å². The van der Waals surface area contributed by atoms with Gasteiger partial charge >= 0.3 is 5.97 Å². The molecule has 0 spiro atoms. The summed E-state index contributed by atoms with van der Waals surface area (Å²) in [6.07, 6.45) is 2.06. The molecule has 0 saturated heterocycles. The van der Waals surface area contributed by atoms with Gasteiger partial charge in [0, 0.05) is 6.04 Å². The molecule has 0 aliphatic rings. The molecule has 6 heteroatoms. The molecule has 1 heterocycles. The molecule has 1 aromatic rings. The molecular formula is C10H17N3O3. The van der Waals surface area contributed by atoms with Gasteiger partial charge in [0.2, 0.25) is 0 Å². The SMILES string of the molecule is CC(CCN(C)C)Nc1nc(C(=O)O)co1. The van der Waals surface area contributed by atoms with E-state index in [-0.39, 0.29) is 17.8 Å². The molecule has 0 aliphatic heterocycles. The third-order valence-corrected chi connectivity index (χ3v) is 2.10. The summed E-state index contributed by atoms with van der Waals surface area (Å²) in [5, 5.41) is 11.7. The zero-order valence-corrected chi connectivity index (χ0v) is 9.73. The van der Waals surface area contributed by atoms with E-state index in [2.05, 4.69) is 15.2 Å². The summed E-state index contributed by atoms with van der Waals surface area (Å²) in [4.78, 5) is 16.4. The van der Waals surface area contributed by atoms with Crippen LogP contribution in [0.3, 0.4) is 0 Å². The van der Waals surface area contributed by atoms with Crippen LogP contribution >= 0.6 is 0 Å². The maximum absolute atomic E-state index is 10.6. The number of carboxylic acid groups (broad SMARTS) is 1. The first-order chi connectivity index (χ1) is 7.49. The fourth-order valence-corrected chi connectivity index (χ4v) is 1.17. The van der Waals surface area contributed by atoms with E-state index in [1.54, 1.807) is 0 Å². The van der Waals surface area contributed by atoms with E-state index in [1.807, 2.05) is 21.0 Å². The topological polar surface area (TPSA) is 78.6 Å². The van der Waals surface area contributed by atoms with E-state index >= 15 is 0 Å². The number of oxazole rings is 1. The number of hydrogen-bond acceptors (Lipinski definition) is 5. The van der Waals surface area contributed by atoms with Crippen LogP contribution < -0.4 is 5.32 Å². The minimum atomic E-state index is -1.09. The highest BCUT2D eigenvalue weighted by atomic mass is 16.4. The van der Waals surface area contributed by atoms with Crippen molar-refractivity contribution in [1.82, 2.24) is 9.88 Å². The monoisotopic (exact) mass is 227 g/mol. The van der Waals surface area contributed by atoms with E-state index < -0.39 is 5.97 Å². The first kappa shape index (κ1) is 12.5. The average molecular weight is 227 g/mol. The summed E-state index contributed by atoms with van der Waals surface area (Å²) in [5.74, 6) is -1.09. The number of nitrogens with one attached hydrogen (secondary N) is 1. The lowest BCUT2D eigenvalue weighted by Crippen LogP contribution is -2.23. The van der Waals surface area contributed by atoms with Crippen molar-refractivity contribution in [2.75, 3.05) is 26.0 Å². The average Bonchev–Trinajstić information content (AvgIpc) is 2.63. The highest BCUT2D eigenvalue weighted by Crippen LogP contribution is 2.09. The lowest BCUT2D eigenvalue weighted by molar-refractivity contribution is 0.0690. The van der Waals surface area contributed by atoms with E-state index in [4.69, 9.17) is 9.52 Å². The van der Waals surface area contributed by atoms with Gasteiger partial charge < -0.3 is 19.7 Å². The molecule has 90 valence electrons. The van der Waals surface area contributed by atoms with Crippen molar-refractivity contribution in [1.29, 1.82) is 0 Å². The molecule has 1 rings (SSSR count). The zero-order chi connectivity index (χ0) is 12.1. The smallest absolute Gasteiger partial charge is 0.357 e. The Hall–Kier alpha value is -1.56. The van der Waals surface area contributed by atoms with Crippen LogP contribution in [-0.2, 0) is 0 Å². The molecule has 0 fully saturated rings. The predicted octanol–water partition coefficient (Wildman–Crippen LogP) is 1.12. The van der Waals surface area contributed by atoms with Crippen LogP contribution in [-0.4, -0.2) is 47.6 Å². The molecule has 0 aliphatic carbocycles. The van der Waals surface area contributed by atoms with E-state index in [1.165, 1.54) is 0 Å². The fraction of sp³-hybridized carbons (Fsp3) is 0.600. The number of carboxylic acids is 1. The fourth-order valence-electron chi connectivity index (χ4n) is 1.17. The third kappa shape index (κ3) is 3.90. The minimum absolute atomic E-state index is 0.0812. The van der Waals surface area contributed by atoms with E-state index in [0.29, 0.717) is 0 Å². The molecule has 6 nitrogen and oxygen atoms in total. The van der Waals surface area contributed by atoms with Crippen LogP contribution in [0.4, 0.5) is 6.01 Å². The van der Waals surface area contributed by atoms with Crippen LogP contribution in [0, 0.1) is 0 Å². The van der Waals surface area contributed by atoms with Gasteiger partial charge in [0.05, 0.1) is 0 Å². The molecule has 1 unspecified atom stereocenters. The van der Waals surface area contributed by atoms with Gasteiger partial charge in [-0.15, -0.1) is 0 Å². The van der Waals surface area contributed by atoms with Crippen molar-refractivity contribution < 1.29 is 14.3 Å². The van der Waals surface area contributed by atoms with Crippen LogP contribution in [0.1, 0.15) is 23.8 Å². The Labute approximate surface area is 94.3 Å². The second-order valence-corrected chi connectivity index (χ2v) is 3.98. The summed E-state index contributed by atoms with van der Waals surface area (Å²) in [7, 11) is 4.00. The van der Waals surface area contributed by atoms with Gasteiger partial charge in [-0.05, 0) is 34.0 Å². The Morgan fingerprint density at radius 2 is 2.38 bits per heavy atom. The number of nitrogens with zero attached hydrogens (tertiary/aromatic N) is 2. The minimum Gasteiger partial charge on any atom is -0.476 e. The zero-order valence-electron chi connectivity index (χ0n) is 9.73. The number of carbonyl (C=O) groups is 1. The van der Waals surface area contributed by atoms with Gasteiger partial charge in [0.1, 0.15) is 6.26 Å². The quantitative estimate of drug-likeness (QED) is 0.758. The van der Waals surface area contributed by atoms with Crippen LogP contribution in [0.15, 0.2) is 10.7 Å². The third-order valence-electron chi connectivity index (χ3n) is 2.10. The second kappa shape index (κ2) is 5.50. The van der Waals surface area contributed by atoms with Crippen molar-refractivity contribution in [3.05, 3.63) is 12.0 Å². The Morgan fingerprint density at radius 3 is 2.88 bits per heavy atom. The lowest BCUT2D eigenvalue weighted by Gasteiger charge is -2.15. The Morgan fingerprint density at radius 1 is 1.69 bits per heavy atom. The maximum atomic E-state index is 10.6. The standard InChI is InChI=1S/C10H17N3O3/c1-7(4-5-13(2)3)11-10-12-8(6-16-10)9(14)15/h6-7H,4-5H2,1-3H3,(H,11,12)(H,14,15). The van der Waals surface area contributed by atoms with Crippen LogP contribution in [0.5, 0.6) is 0 Å². The van der Waals surface area contributed by atoms with Crippen molar-refractivity contribution >= 4 is 12.0 Å². The van der Waals surface area contributed by atoms with Crippen molar-refractivity contribution in [2.45, 2.75) is 19.4 Å². The molecule has 2 N–H and O–H groups in total. The summed E-state index contributed by atoms with van der Waals surface area (Å²) in [5.41, 5.74) is -0.0812. The molecule has 16 heavy (non-hydrogen) atoms. The van der Waals surface area contributed by atoms with Gasteiger partial charge in [-0.1, -0.05) is 0 Å². The molecule has 1 aromatic heterocycles. The Balaban J connectivity index is 2.43.